The quantitative estimate of drug-likeness (QED) is 0.197. The predicted molar refractivity (Wildman–Crippen MR) is 194 cm³/mol. The van der Waals surface area contributed by atoms with Crippen molar-refractivity contribution >= 4 is 54.6 Å². The maximum atomic E-state index is 6.66. The van der Waals surface area contributed by atoms with Gasteiger partial charge >= 0.3 is 0 Å². The van der Waals surface area contributed by atoms with E-state index in [0.29, 0.717) is 17.5 Å². The lowest BCUT2D eigenvalue weighted by Crippen LogP contribution is -2.00. The molecule has 0 fully saturated rings. The Balaban J connectivity index is 1.16. The highest BCUT2D eigenvalue weighted by Gasteiger charge is 2.20. The van der Waals surface area contributed by atoms with Gasteiger partial charge in [-0.1, -0.05) is 121 Å². The molecule has 0 saturated heterocycles. The van der Waals surface area contributed by atoms with Crippen LogP contribution in [-0.4, -0.2) is 15.0 Å². The van der Waals surface area contributed by atoms with E-state index in [9.17, 15) is 0 Å². The van der Waals surface area contributed by atoms with Crippen LogP contribution in [0.5, 0.6) is 0 Å². The van der Waals surface area contributed by atoms with Gasteiger partial charge in [0.25, 0.3) is 0 Å². The Morgan fingerprint density at radius 3 is 1.75 bits per heavy atom. The molecule has 0 amide bonds. The summed E-state index contributed by atoms with van der Waals surface area (Å²) in [5.74, 6) is 1.85. The highest BCUT2D eigenvalue weighted by atomic mass is 16.3. The van der Waals surface area contributed by atoms with E-state index >= 15 is 0 Å². The topological polar surface area (TPSA) is 65.0 Å². The van der Waals surface area contributed by atoms with Gasteiger partial charge in [0.05, 0.1) is 0 Å². The molecule has 224 valence electrons. The summed E-state index contributed by atoms with van der Waals surface area (Å²) in [4.78, 5) is 14.9. The highest BCUT2D eigenvalue weighted by molar-refractivity contribution is 6.17. The second-order valence-corrected chi connectivity index (χ2v) is 12.0. The van der Waals surface area contributed by atoms with Crippen molar-refractivity contribution < 1.29 is 8.83 Å². The van der Waals surface area contributed by atoms with Gasteiger partial charge in [0, 0.05) is 49.2 Å². The van der Waals surface area contributed by atoms with Crippen LogP contribution in [0.2, 0.25) is 0 Å². The van der Waals surface area contributed by atoms with Gasteiger partial charge in [0.15, 0.2) is 17.5 Å². The second kappa shape index (κ2) is 10.5. The molecule has 0 radical (unpaired) electrons. The van der Waals surface area contributed by atoms with Crippen molar-refractivity contribution in [3.05, 3.63) is 152 Å². The van der Waals surface area contributed by atoms with E-state index in [1.807, 2.05) is 84.9 Å². The minimum atomic E-state index is 0.599. The zero-order valence-corrected chi connectivity index (χ0v) is 25.6. The summed E-state index contributed by atoms with van der Waals surface area (Å²) >= 11 is 0. The molecule has 0 saturated carbocycles. The fourth-order valence-corrected chi connectivity index (χ4v) is 6.87. The lowest BCUT2D eigenvalue weighted by Gasteiger charge is -2.09. The Morgan fingerprint density at radius 2 is 0.958 bits per heavy atom. The average Bonchev–Trinajstić information content (AvgIpc) is 3.74. The van der Waals surface area contributed by atoms with Crippen LogP contribution >= 0.6 is 0 Å². The van der Waals surface area contributed by atoms with E-state index in [1.54, 1.807) is 0 Å². The number of rotatable bonds is 4. The molecule has 0 N–H and O–H groups in total. The van der Waals surface area contributed by atoms with Crippen LogP contribution in [0.3, 0.4) is 0 Å². The van der Waals surface area contributed by atoms with E-state index < -0.39 is 0 Å². The number of aromatic nitrogens is 3. The van der Waals surface area contributed by atoms with Gasteiger partial charge < -0.3 is 8.83 Å². The normalized spacial score (nSPS) is 11.8. The first-order valence-corrected chi connectivity index (χ1v) is 15.9. The summed E-state index contributed by atoms with van der Waals surface area (Å²) < 4.78 is 13.0. The Bertz CT molecular complexity index is 2780. The summed E-state index contributed by atoms with van der Waals surface area (Å²) in [5.41, 5.74) is 8.26. The van der Waals surface area contributed by atoms with Crippen molar-refractivity contribution in [2.75, 3.05) is 0 Å². The van der Waals surface area contributed by atoms with Crippen LogP contribution in [0.4, 0.5) is 0 Å². The number of hydrogen-bond acceptors (Lipinski definition) is 5. The van der Waals surface area contributed by atoms with Crippen molar-refractivity contribution in [1.82, 2.24) is 15.0 Å². The molecule has 0 unspecified atom stereocenters. The van der Waals surface area contributed by atoms with Gasteiger partial charge in [-0.15, -0.1) is 0 Å². The standard InChI is InChI=1S/C43H25N3O2/c1-3-11-26(12-4-1)41-44-42(27-13-5-2-6-14-27)46-43(45-41)35-18-10-20-37-38(35)34-17-9-16-30(40(34)48-37)28-21-23-31-29(25-28)22-24-33-32-15-7-8-19-36(32)47-39(31)33/h1-25H. The zero-order valence-electron chi connectivity index (χ0n) is 25.6. The summed E-state index contributed by atoms with van der Waals surface area (Å²) in [6.45, 7) is 0. The van der Waals surface area contributed by atoms with Gasteiger partial charge in [-0.3, -0.25) is 0 Å². The van der Waals surface area contributed by atoms with Crippen LogP contribution in [0.15, 0.2) is 160 Å². The number of fused-ring (bicyclic) bond motifs is 8. The number of nitrogens with zero attached hydrogens (tertiary/aromatic N) is 3. The van der Waals surface area contributed by atoms with E-state index in [2.05, 4.69) is 66.7 Å². The largest absolute Gasteiger partial charge is 0.455 e. The minimum absolute atomic E-state index is 0.599. The van der Waals surface area contributed by atoms with Gasteiger partial charge in [-0.05, 0) is 41.3 Å². The van der Waals surface area contributed by atoms with Crippen LogP contribution in [0.25, 0.3) is 99.9 Å². The molecule has 0 atom stereocenters. The molecule has 5 heteroatoms. The first-order chi connectivity index (χ1) is 23.8. The number of benzene rings is 7. The third kappa shape index (κ3) is 4.15. The lowest BCUT2D eigenvalue weighted by molar-refractivity contribution is 0.670. The Kier molecular flexibility index (Phi) is 5.81. The first-order valence-electron chi connectivity index (χ1n) is 15.9. The lowest BCUT2D eigenvalue weighted by atomic mass is 9.97. The molecule has 3 aromatic heterocycles. The maximum Gasteiger partial charge on any atom is 0.164 e. The molecule has 0 aliphatic rings. The minimum Gasteiger partial charge on any atom is -0.455 e. The summed E-state index contributed by atoms with van der Waals surface area (Å²) in [5, 5.41) is 6.44. The van der Waals surface area contributed by atoms with Gasteiger partial charge in [0.1, 0.15) is 22.3 Å². The van der Waals surface area contributed by atoms with Crippen molar-refractivity contribution in [2.45, 2.75) is 0 Å². The molecule has 0 aliphatic heterocycles. The van der Waals surface area contributed by atoms with Crippen LogP contribution in [-0.2, 0) is 0 Å². The fraction of sp³-hybridized carbons (Fsp3) is 0. The summed E-state index contributed by atoms with van der Waals surface area (Å²) in [7, 11) is 0. The first kappa shape index (κ1) is 26.6. The van der Waals surface area contributed by atoms with Gasteiger partial charge in [-0.25, -0.2) is 15.0 Å². The zero-order chi connectivity index (χ0) is 31.6. The van der Waals surface area contributed by atoms with Crippen LogP contribution < -0.4 is 0 Å². The van der Waals surface area contributed by atoms with Gasteiger partial charge in [0.2, 0.25) is 0 Å². The summed E-state index contributed by atoms with van der Waals surface area (Å²) in [6.07, 6.45) is 0. The molecule has 48 heavy (non-hydrogen) atoms. The predicted octanol–water partition coefficient (Wildman–Crippen LogP) is 11.5. The van der Waals surface area contributed by atoms with Crippen molar-refractivity contribution in [1.29, 1.82) is 0 Å². The Morgan fingerprint density at radius 1 is 0.354 bits per heavy atom. The fourth-order valence-electron chi connectivity index (χ4n) is 6.87. The number of hydrogen-bond donors (Lipinski definition) is 0. The molecule has 0 spiro atoms. The molecule has 3 heterocycles. The van der Waals surface area contributed by atoms with E-state index in [0.717, 1.165) is 82.5 Å². The molecular formula is C43H25N3O2. The SMILES string of the molecule is c1ccc(-c2nc(-c3ccccc3)nc(-c3cccc4oc5c(-c6ccc7c(ccc8c9ccccc9oc78)c6)cccc5c34)n2)cc1. The average molecular weight is 616 g/mol. The van der Waals surface area contributed by atoms with E-state index in [-0.39, 0.29) is 0 Å². The number of furan rings is 2. The molecule has 10 rings (SSSR count). The van der Waals surface area contributed by atoms with Gasteiger partial charge in [-0.2, -0.15) is 0 Å². The smallest absolute Gasteiger partial charge is 0.164 e. The second-order valence-electron chi connectivity index (χ2n) is 12.0. The van der Waals surface area contributed by atoms with Crippen molar-refractivity contribution in [3.8, 4) is 45.3 Å². The third-order valence-corrected chi connectivity index (χ3v) is 9.13. The van der Waals surface area contributed by atoms with Crippen LogP contribution in [0, 0.1) is 0 Å². The van der Waals surface area contributed by atoms with E-state index in [4.69, 9.17) is 23.8 Å². The Labute approximate surface area is 274 Å². The molecule has 0 aliphatic carbocycles. The van der Waals surface area contributed by atoms with E-state index in [1.165, 1.54) is 0 Å². The maximum absolute atomic E-state index is 6.66. The molecule has 0 bridgehead atoms. The summed E-state index contributed by atoms with van der Waals surface area (Å²) in [6, 6.07) is 51.5. The monoisotopic (exact) mass is 615 g/mol. The molecule has 7 aromatic carbocycles. The Hall–Kier alpha value is -6.59. The van der Waals surface area contributed by atoms with Crippen LogP contribution in [0.1, 0.15) is 0 Å². The molecule has 5 nitrogen and oxygen atoms in total. The highest BCUT2D eigenvalue weighted by Crippen LogP contribution is 2.42. The van der Waals surface area contributed by atoms with Crippen molar-refractivity contribution in [2.24, 2.45) is 0 Å². The molecular weight excluding hydrogens is 590 g/mol. The third-order valence-electron chi connectivity index (χ3n) is 9.13. The number of para-hydroxylation sites is 2. The van der Waals surface area contributed by atoms with Crippen molar-refractivity contribution in [3.63, 3.8) is 0 Å². The molecule has 10 aromatic rings.